The molecule has 91 heavy (non-hydrogen) atoms. The Morgan fingerprint density at radius 1 is 0.297 bits per heavy atom. The molecule has 18 rings (SSSR count). The number of rotatable bonds is 5. The SMILES string of the molecule is C.C.O=C1c2c(F)cccc2-c2cc3cccccc-3c21.O=C1c2c3cccccc-3cc2-c2cccc(N3c4ccccc4[Si](c4ccccc4)(c4ccccc4)c4ccccc43)c21.[2H][2H].[2H][2H].c1ccc([Si]2(c3ccccc3)c3ccccc3Nc3ccccc32)cc1. The average Bonchev–Trinajstić information content (AvgIpc) is 1.15. The molecule has 0 saturated carbocycles. The van der Waals surface area contributed by atoms with Crippen molar-refractivity contribution in [1.82, 2.24) is 0 Å². The van der Waals surface area contributed by atoms with E-state index < -0.39 is 22.0 Å². The van der Waals surface area contributed by atoms with Crippen LogP contribution in [0.15, 0.2) is 328 Å². The minimum Gasteiger partial charge on any atom is -0.356 e. The Morgan fingerprint density at radius 3 is 1.07 bits per heavy atom. The van der Waals surface area contributed by atoms with Gasteiger partial charge < -0.3 is 10.2 Å². The third kappa shape index (κ3) is 8.91. The van der Waals surface area contributed by atoms with Gasteiger partial charge in [-0.1, -0.05) is 294 Å². The lowest BCUT2D eigenvalue weighted by atomic mass is 10.0. The lowest BCUT2D eigenvalue weighted by molar-refractivity contribution is 0.103. The molecule has 7 heteroatoms. The number of halogens is 1. The molecule has 0 spiro atoms. The number of carbonyl (C=O) groups excluding carboxylic acids is 2. The fourth-order valence-electron chi connectivity index (χ4n) is 14.9. The van der Waals surface area contributed by atoms with Gasteiger partial charge in [0.2, 0.25) is 0 Å². The zero-order valence-corrected chi connectivity index (χ0v) is 50.3. The van der Waals surface area contributed by atoms with Crippen LogP contribution < -0.4 is 51.7 Å². The summed E-state index contributed by atoms with van der Waals surface area (Å²) >= 11 is 0. The van der Waals surface area contributed by atoms with Gasteiger partial charge in [-0.15, -0.1) is 0 Å². The van der Waals surface area contributed by atoms with Crippen LogP contribution in [0.2, 0.25) is 0 Å². The monoisotopic (exact) mass is 1210 g/mol. The molecular formula is C84H67FN2O2Si2. The zero-order chi connectivity index (χ0) is 63.6. The van der Waals surface area contributed by atoms with Crippen LogP contribution in [-0.4, -0.2) is 27.7 Å². The quantitative estimate of drug-likeness (QED) is 0.175. The van der Waals surface area contributed by atoms with E-state index in [1.165, 1.54) is 58.9 Å². The fourth-order valence-corrected chi connectivity index (χ4v) is 25.0. The normalized spacial score (nSPS) is 13.6. The average molecular weight is 1220 g/mol. The molecule has 1 N–H and O–H groups in total. The van der Waals surface area contributed by atoms with Crippen LogP contribution in [0.25, 0.3) is 44.5 Å². The lowest BCUT2D eigenvalue weighted by Crippen LogP contribution is -2.77. The molecule has 10 aromatic carbocycles. The second kappa shape index (κ2) is 23.4. The summed E-state index contributed by atoms with van der Waals surface area (Å²) in [4.78, 5) is 29.3. The molecule has 0 unspecified atom stereocenters. The Hall–Kier alpha value is -11.1. The molecule has 0 fully saturated rings. The molecular weight excluding hydrogens is 1140 g/mol. The summed E-state index contributed by atoms with van der Waals surface area (Å²) in [5, 5.41) is 14.7. The van der Waals surface area contributed by atoms with Crippen LogP contribution in [0, 0.1) is 5.82 Å². The molecule has 4 nitrogen and oxygen atoms in total. The van der Waals surface area contributed by atoms with Gasteiger partial charge in [0.05, 0.1) is 16.8 Å². The van der Waals surface area contributed by atoms with Crippen LogP contribution in [0.1, 0.15) is 52.6 Å². The Labute approximate surface area is 539 Å². The minimum atomic E-state index is -2.72. The van der Waals surface area contributed by atoms with Gasteiger partial charge in [-0.05, 0) is 135 Å². The summed E-state index contributed by atoms with van der Waals surface area (Å²) in [6, 6.07) is 115. The van der Waals surface area contributed by atoms with E-state index in [0.29, 0.717) is 11.1 Å². The number of para-hydroxylation sites is 4. The van der Waals surface area contributed by atoms with Crippen LogP contribution in [0.3, 0.4) is 0 Å². The summed E-state index contributed by atoms with van der Waals surface area (Å²) in [7, 11) is -5.05. The maximum Gasteiger partial charge on any atom is 0.197 e. The zero-order valence-electron chi connectivity index (χ0n) is 52.3. The number of ketones is 2. The van der Waals surface area contributed by atoms with E-state index in [0.717, 1.165) is 67.1 Å². The Kier molecular flexibility index (Phi) is 14.2. The van der Waals surface area contributed by atoms with Crippen LogP contribution in [0.4, 0.5) is 32.8 Å². The smallest absolute Gasteiger partial charge is 0.197 e. The van der Waals surface area contributed by atoms with Gasteiger partial charge in [0.25, 0.3) is 0 Å². The fraction of sp³-hybridized carbons (Fsp3) is 0.0238. The minimum absolute atomic E-state index is 0. The van der Waals surface area contributed by atoms with E-state index in [1.807, 2.05) is 54.6 Å². The predicted molar refractivity (Wildman–Crippen MR) is 387 cm³/mol. The van der Waals surface area contributed by atoms with Crippen LogP contribution in [-0.2, 0) is 0 Å². The van der Waals surface area contributed by atoms with Gasteiger partial charge in [0, 0.05) is 39.8 Å². The number of benzene rings is 10. The highest BCUT2D eigenvalue weighted by molar-refractivity contribution is 7.22. The maximum atomic E-state index is 14.5. The molecule has 0 amide bonds. The van der Waals surface area contributed by atoms with E-state index in [1.54, 1.807) is 12.1 Å². The molecule has 8 aliphatic rings. The number of anilines is 5. The first-order valence-electron chi connectivity index (χ1n) is 32.2. The Balaban J connectivity index is 0.000000144. The number of hydrogen-bond acceptors (Lipinski definition) is 4. The Bertz CT molecular complexity index is 4860. The molecule has 6 aliphatic carbocycles. The summed E-state index contributed by atoms with van der Waals surface area (Å²) in [5.74, 6) is -0.543. The third-order valence-corrected chi connectivity index (χ3v) is 28.2. The van der Waals surface area contributed by atoms with E-state index in [9.17, 15) is 14.0 Å². The second-order valence-electron chi connectivity index (χ2n) is 23.0. The predicted octanol–water partition coefficient (Wildman–Crippen LogP) is 16.2. The summed E-state index contributed by atoms with van der Waals surface area (Å²) in [6.45, 7) is 0. The van der Waals surface area contributed by atoms with Gasteiger partial charge in [-0.25, -0.2) is 4.39 Å². The molecule has 2 heterocycles. The lowest BCUT2D eigenvalue weighted by Gasteiger charge is -2.45. The van der Waals surface area contributed by atoms with E-state index in [2.05, 4.69) is 265 Å². The second-order valence-corrected chi connectivity index (χ2v) is 30.5. The Morgan fingerprint density at radius 2 is 0.615 bits per heavy atom. The van der Waals surface area contributed by atoms with Crippen molar-refractivity contribution in [2.45, 2.75) is 14.9 Å². The number of nitrogens with one attached hydrogen (secondary N) is 1. The third-order valence-electron chi connectivity index (χ3n) is 18.5. The number of hydrogen-bond donors (Lipinski definition) is 1. The van der Waals surface area contributed by atoms with E-state index in [4.69, 9.17) is 5.94 Å². The van der Waals surface area contributed by atoms with Crippen molar-refractivity contribution < 1.29 is 19.9 Å². The van der Waals surface area contributed by atoms with Crippen molar-refractivity contribution in [2.75, 3.05) is 10.2 Å². The van der Waals surface area contributed by atoms with Crippen LogP contribution in [0.5, 0.6) is 0 Å². The van der Waals surface area contributed by atoms with Crippen LogP contribution >= 0.6 is 0 Å². The summed E-state index contributed by atoms with van der Waals surface area (Å²) in [5.41, 5.74) is 15.7. The van der Waals surface area contributed by atoms with Gasteiger partial charge in [-0.2, -0.15) is 0 Å². The van der Waals surface area contributed by atoms with Crippen molar-refractivity contribution in [1.29, 1.82) is 0 Å². The van der Waals surface area contributed by atoms with Crippen molar-refractivity contribution in [3.63, 3.8) is 0 Å². The topological polar surface area (TPSA) is 49.4 Å². The van der Waals surface area contributed by atoms with Gasteiger partial charge >= 0.3 is 0 Å². The van der Waals surface area contributed by atoms with Gasteiger partial charge in [-0.3, -0.25) is 9.59 Å². The van der Waals surface area contributed by atoms with E-state index >= 15 is 0 Å². The molecule has 0 radical (unpaired) electrons. The summed E-state index contributed by atoms with van der Waals surface area (Å²) in [6.07, 6.45) is 0. The van der Waals surface area contributed by atoms with Crippen molar-refractivity contribution >= 4 is 97.6 Å². The molecule has 0 aromatic heterocycles. The standard InChI is InChI=1S/C41H27NOSi.C24H19NSi.C17H9FO.2CH4.2H2/c43-41-39-31-20-9-1-4-15-28(31)27-33(39)32-21-14-24-36(40(32)41)42-34-22-10-12-25-37(34)44(29-16-5-2-6-17-29,30-18-7-3-8-19-30)38-26-13-11-23-35(38)42;1-3-11-19(12-4-1)26(20-13-5-2-6-14-20)23-17-9-7-15-21(23)25-22-16-8-10-18-24(22)26;18-14-8-4-7-12-13-9-10-5-2-1-3-6-11(10)15(13)17(19)16(12)14;;;;/h1-27H;1-18,25H;1-9H;2*1H4;2*1H/i;;;;;2*1+1D. The first-order valence-corrected chi connectivity index (χ1v) is 34.2. The van der Waals surface area contributed by atoms with Gasteiger partial charge in [0.1, 0.15) is 5.82 Å². The number of fused-ring (bicyclic) bond motifs is 14. The number of carbonyl (C=O) groups is 2. The van der Waals surface area contributed by atoms with Crippen molar-refractivity contribution in [3.05, 3.63) is 356 Å². The van der Waals surface area contributed by atoms with Gasteiger partial charge in [0.15, 0.2) is 27.7 Å². The molecule has 10 aromatic rings. The molecule has 0 saturated heterocycles. The molecule has 0 bridgehead atoms. The van der Waals surface area contributed by atoms with E-state index in [-0.39, 0.29) is 32.0 Å². The first-order chi connectivity index (χ1) is 46.0. The van der Waals surface area contributed by atoms with Crippen molar-refractivity contribution in [2.24, 2.45) is 0 Å². The van der Waals surface area contributed by atoms with Crippen molar-refractivity contribution in [3.8, 4) is 44.5 Å². The highest BCUT2D eigenvalue weighted by Gasteiger charge is 2.50. The summed E-state index contributed by atoms with van der Waals surface area (Å²) < 4.78 is 33.8. The first kappa shape index (κ1) is 55.2. The molecule has 440 valence electrons. The maximum absolute atomic E-state index is 14.5. The molecule has 2 aliphatic heterocycles. The molecule has 0 atom stereocenters. The largest absolute Gasteiger partial charge is 0.356 e. The highest BCUT2D eigenvalue weighted by Crippen LogP contribution is 2.51. The number of nitrogens with zero attached hydrogens (tertiary/aromatic N) is 1. The highest BCUT2D eigenvalue weighted by atomic mass is 28.3.